The van der Waals surface area contributed by atoms with E-state index in [9.17, 15) is 4.79 Å². The minimum absolute atomic E-state index is 0.0250. The molecule has 1 amide bonds. The van der Waals surface area contributed by atoms with Gasteiger partial charge in [-0.3, -0.25) is 4.79 Å². The molecule has 5 nitrogen and oxygen atoms in total. The van der Waals surface area contributed by atoms with Gasteiger partial charge in [-0.25, -0.2) is 4.98 Å². The Kier molecular flexibility index (Phi) is 3.62. The SMILES string of the molecule is CC(Cc1ccco1)NC(=O)c1ccc(N)cn1. The minimum atomic E-state index is -0.214. The largest absolute Gasteiger partial charge is 0.469 e. The summed E-state index contributed by atoms with van der Waals surface area (Å²) < 4.78 is 5.22. The highest BCUT2D eigenvalue weighted by Crippen LogP contribution is 2.05. The average Bonchev–Trinajstić information content (AvgIpc) is 2.82. The van der Waals surface area contributed by atoms with Crippen LogP contribution in [0.25, 0.3) is 0 Å². The highest BCUT2D eigenvalue weighted by molar-refractivity contribution is 5.92. The van der Waals surface area contributed by atoms with E-state index >= 15 is 0 Å². The lowest BCUT2D eigenvalue weighted by molar-refractivity contribution is 0.0934. The fourth-order valence-electron chi connectivity index (χ4n) is 1.62. The lowest BCUT2D eigenvalue weighted by Crippen LogP contribution is -2.34. The minimum Gasteiger partial charge on any atom is -0.469 e. The molecule has 94 valence electrons. The van der Waals surface area contributed by atoms with Crippen LogP contribution in [0.3, 0.4) is 0 Å². The van der Waals surface area contributed by atoms with E-state index in [0.717, 1.165) is 5.76 Å². The summed E-state index contributed by atoms with van der Waals surface area (Å²) >= 11 is 0. The number of aromatic nitrogens is 1. The Bertz CT molecular complexity index is 506. The zero-order valence-corrected chi connectivity index (χ0v) is 10.1. The number of carbonyl (C=O) groups excluding carboxylic acids is 1. The molecule has 0 bridgehead atoms. The van der Waals surface area contributed by atoms with Crippen molar-refractivity contribution in [2.45, 2.75) is 19.4 Å². The molecule has 2 rings (SSSR count). The van der Waals surface area contributed by atoms with Gasteiger partial charge in [0.05, 0.1) is 18.1 Å². The number of nitrogens with two attached hydrogens (primary N) is 1. The van der Waals surface area contributed by atoms with Gasteiger partial charge in [-0.1, -0.05) is 0 Å². The third-order valence-electron chi connectivity index (χ3n) is 2.48. The second-order valence-corrected chi connectivity index (χ2v) is 4.13. The van der Waals surface area contributed by atoms with Crippen LogP contribution in [0.2, 0.25) is 0 Å². The van der Waals surface area contributed by atoms with Gasteiger partial charge >= 0.3 is 0 Å². The Morgan fingerprint density at radius 2 is 2.33 bits per heavy atom. The number of nitrogens with zero attached hydrogens (tertiary/aromatic N) is 1. The van der Waals surface area contributed by atoms with Gasteiger partial charge in [0.2, 0.25) is 0 Å². The second kappa shape index (κ2) is 5.35. The van der Waals surface area contributed by atoms with Crippen molar-refractivity contribution in [3.63, 3.8) is 0 Å². The zero-order chi connectivity index (χ0) is 13.0. The van der Waals surface area contributed by atoms with Crippen LogP contribution >= 0.6 is 0 Å². The van der Waals surface area contributed by atoms with Gasteiger partial charge in [0, 0.05) is 12.5 Å². The Morgan fingerprint density at radius 1 is 1.50 bits per heavy atom. The van der Waals surface area contributed by atoms with Gasteiger partial charge < -0.3 is 15.5 Å². The standard InChI is InChI=1S/C13H15N3O2/c1-9(7-11-3-2-6-18-11)16-13(17)12-5-4-10(14)8-15-12/h2-6,8-9H,7,14H2,1H3,(H,16,17). The van der Waals surface area contributed by atoms with E-state index in [2.05, 4.69) is 10.3 Å². The maximum absolute atomic E-state index is 11.8. The number of amides is 1. The molecule has 3 N–H and O–H groups in total. The van der Waals surface area contributed by atoms with Crippen molar-refractivity contribution >= 4 is 11.6 Å². The number of hydrogen-bond acceptors (Lipinski definition) is 4. The van der Waals surface area contributed by atoms with Crippen LogP contribution in [0.5, 0.6) is 0 Å². The van der Waals surface area contributed by atoms with E-state index < -0.39 is 0 Å². The lowest BCUT2D eigenvalue weighted by atomic mass is 10.2. The van der Waals surface area contributed by atoms with Crippen molar-refractivity contribution in [2.75, 3.05) is 5.73 Å². The van der Waals surface area contributed by atoms with Crippen molar-refractivity contribution < 1.29 is 9.21 Å². The van der Waals surface area contributed by atoms with E-state index in [0.29, 0.717) is 17.8 Å². The van der Waals surface area contributed by atoms with Gasteiger partial charge in [-0.2, -0.15) is 0 Å². The summed E-state index contributed by atoms with van der Waals surface area (Å²) in [6.45, 7) is 1.91. The molecule has 0 fully saturated rings. The first-order valence-electron chi connectivity index (χ1n) is 5.70. The Hall–Kier alpha value is -2.30. The molecule has 0 aromatic carbocycles. The molecule has 0 spiro atoms. The molecule has 0 radical (unpaired) electrons. The van der Waals surface area contributed by atoms with Gasteiger partial charge in [0.1, 0.15) is 11.5 Å². The van der Waals surface area contributed by atoms with E-state index in [4.69, 9.17) is 10.2 Å². The van der Waals surface area contributed by atoms with Crippen LogP contribution in [0.15, 0.2) is 41.1 Å². The fourth-order valence-corrected chi connectivity index (χ4v) is 1.62. The van der Waals surface area contributed by atoms with Gasteiger partial charge in [0.15, 0.2) is 0 Å². The maximum Gasteiger partial charge on any atom is 0.270 e. The molecule has 5 heteroatoms. The molecule has 1 atom stereocenters. The number of nitrogen functional groups attached to an aromatic ring is 1. The van der Waals surface area contributed by atoms with Gasteiger partial charge in [-0.15, -0.1) is 0 Å². The molecule has 0 aliphatic rings. The van der Waals surface area contributed by atoms with E-state index in [1.165, 1.54) is 6.20 Å². The molecule has 2 heterocycles. The second-order valence-electron chi connectivity index (χ2n) is 4.13. The van der Waals surface area contributed by atoms with Crippen molar-refractivity contribution in [3.8, 4) is 0 Å². The first-order chi connectivity index (χ1) is 8.65. The van der Waals surface area contributed by atoms with E-state index in [1.54, 1.807) is 18.4 Å². The summed E-state index contributed by atoms with van der Waals surface area (Å²) in [5, 5.41) is 2.85. The maximum atomic E-state index is 11.8. The molecule has 0 saturated heterocycles. The van der Waals surface area contributed by atoms with Crippen molar-refractivity contribution in [1.82, 2.24) is 10.3 Å². The quantitative estimate of drug-likeness (QED) is 0.857. The predicted molar refractivity (Wildman–Crippen MR) is 68.0 cm³/mol. The summed E-state index contributed by atoms with van der Waals surface area (Å²) in [6.07, 6.45) is 3.73. The molecule has 0 aliphatic heterocycles. The third-order valence-corrected chi connectivity index (χ3v) is 2.48. The topological polar surface area (TPSA) is 81.2 Å². The Labute approximate surface area is 105 Å². The summed E-state index contributed by atoms with van der Waals surface area (Å²) in [7, 11) is 0. The molecule has 1 unspecified atom stereocenters. The average molecular weight is 245 g/mol. The summed E-state index contributed by atoms with van der Waals surface area (Å²) in [5.41, 5.74) is 6.41. The number of furan rings is 1. The third kappa shape index (κ3) is 3.10. The van der Waals surface area contributed by atoms with Crippen LogP contribution in [-0.4, -0.2) is 16.9 Å². The van der Waals surface area contributed by atoms with Crippen LogP contribution in [0.1, 0.15) is 23.2 Å². The number of carbonyl (C=O) groups is 1. The van der Waals surface area contributed by atoms with Gasteiger partial charge in [-0.05, 0) is 31.2 Å². The molecule has 0 saturated carbocycles. The van der Waals surface area contributed by atoms with Crippen LogP contribution < -0.4 is 11.1 Å². The first-order valence-corrected chi connectivity index (χ1v) is 5.70. The molecule has 18 heavy (non-hydrogen) atoms. The van der Waals surface area contributed by atoms with E-state index in [1.807, 2.05) is 19.1 Å². The molecular weight excluding hydrogens is 230 g/mol. The first kappa shape index (κ1) is 12.2. The number of nitrogens with one attached hydrogen (secondary N) is 1. The van der Waals surface area contributed by atoms with Crippen LogP contribution in [0, 0.1) is 0 Å². The summed E-state index contributed by atoms with van der Waals surface area (Å²) in [6, 6.07) is 6.93. The van der Waals surface area contributed by atoms with Gasteiger partial charge in [0.25, 0.3) is 5.91 Å². The Balaban J connectivity index is 1.92. The fraction of sp³-hybridized carbons (Fsp3) is 0.231. The monoisotopic (exact) mass is 245 g/mol. The lowest BCUT2D eigenvalue weighted by Gasteiger charge is -2.12. The number of rotatable bonds is 4. The molecule has 2 aromatic rings. The molecule has 2 aromatic heterocycles. The van der Waals surface area contributed by atoms with Crippen molar-refractivity contribution in [3.05, 3.63) is 48.2 Å². The van der Waals surface area contributed by atoms with Crippen molar-refractivity contribution in [2.24, 2.45) is 0 Å². The smallest absolute Gasteiger partial charge is 0.270 e. The summed E-state index contributed by atoms with van der Waals surface area (Å²) in [4.78, 5) is 15.8. The Morgan fingerprint density at radius 3 is 2.94 bits per heavy atom. The highest BCUT2D eigenvalue weighted by atomic mass is 16.3. The molecular formula is C13H15N3O2. The predicted octanol–water partition coefficient (Wildman–Crippen LogP) is 1.62. The van der Waals surface area contributed by atoms with Crippen molar-refractivity contribution in [1.29, 1.82) is 0 Å². The highest BCUT2D eigenvalue weighted by Gasteiger charge is 2.12. The van der Waals surface area contributed by atoms with E-state index in [-0.39, 0.29) is 11.9 Å². The number of hydrogen-bond donors (Lipinski definition) is 2. The van der Waals surface area contributed by atoms with Crippen LogP contribution in [-0.2, 0) is 6.42 Å². The summed E-state index contributed by atoms with van der Waals surface area (Å²) in [5.74, 6) is 0.627. The molecule has 0 aliphatic carbocycles. The zero-order valence-electron chi connectivity index (χ0n) is 10.1. The normalized spacial score (nSPS) is 12.1. The number of anilines is 1. The number of pyridine rings is 1. The van der Waals surface area contributed by atoms with Crippen LogP contribution in [0.4, 0.5) is 5.69 Å².